The first kappa shape index (κ1) is 19.8. The van der Waals surface area contributed by atoms with Crippen molar-refractivity contribution in [1.29, 1.82) is 0 Å². The van der Waals surface area contributed by atoms with Gasteiger partial charge < -0.3 is 9.42 Å². The molecule has 2 aromatic carbocycles. The Kier molecular flexibility index (Phi) is 5.80. The van der Waals surface area contributed by atoms with Crippen molar-refractivity contribution in [3.8, 4) is 11.5 Å². The summed E-state index contributed by atoms with van der Waals surface area (Å²) < 4.78 is 18.6. The molecule has 0 atom stereocenters. The van der Waals surface area contributed by atoms with Gasteiger partial charge in [0.2, 0.25) is 0 Å². The average Bonchev–Trinajstić information content (AvgIpc) is 3.17. The molecule has 1 aromatic heterocycles. The molecule has 0 N–H and O–H groups in total. The Morgan fingerprint density at radius 3 is 2.62 bits per heavy atom. The molecule has 9 heteroatoms. The van der Waals surface area contributed by atoms with Gasteiger partial charge in [-0.2, -0.15) is 4.98 Å². The van der Waals surface area contributed by atoms with Gasteiger partial charge in [-0.05, 0) is 36.4 Å². The van der Waals surface area contributed by atoms with Gasteiger partial charge in [0.1, 0.15) is 5.82 Å². The second-order valence-electron chi connectivity index (χ2n) is 6.72. The first-order valence-electron chi connectivity index (χ1n) is 9.05. The number of halogens is 3. The topological polar surface area (TPSA) is 62.5 Å². The van der Waals surface area contributed by atoms with Gasteiger partial charge in [0.25, 0.3) is 11.8 Å². The number of hydrogen-bond acceptors (Lipinski definition) is 5. The molecule has 1 fully saturated rings. The smallest absolute Gasteiger partial charge is 0.258 e. The zero-order chi connectivity index (χ0) is 20.4. The van der Waals surface area contributed by atoms with E-state index in [0.717, 1.165) is 0 Å². The van der Waals surface area contributed by atoms with Crippen molar-refractivity contribution >= 4 is 29.1 Å². The molecule has 0 radical (unpaired) electrons. The highest BCUT2D eigenvalue weighted by Gasteiger charge is 2.24. The molecule has 0 bridgehead atoms. The Morgan fingerprint density at radius 2 is 1.90 bits per heavy atom. The Labute approximate surface area is 176 Å². The fraction of sp³-hybridized carbons (Fsp3) is 0.250. The summed E-state index contributed by atoms with van der Waals surface area (Å²) in [6.07, 6.45) is 0. The van der Waals surface area contributed by atoms with Crippen LogP contribution in [-0.4, -0.2) is 52.0 Å². The van der Waals surface area contributed by atoms with E-state index in [1.807, 2.05) is 0 Å². The van der Waals surface area contributed by atoms with Crippen LogP contribution in [0.1, 0.15) is 16.2 Å². The number of benzene rings is 2. The van der Waals surface area contributed by atoms with E-state index in [4.69, 9.17) is 27.7 Å². The van der Waals surface area contributed by atoms with Crippen LogP contribution in [0.25, 0.3) is 11.5 Å². The average molecular weight is 435 g/mol. The normalized spacial score (nSPS) is 14.9. The lowest BCUT2D eigenvalue weighted by Gasteiger charge is -2.34. The number of aromatic nitrogens is 2. The van der Waals surface area contributed by atoms with E-state index in [9.17, 15) is 9.18 Å². The highest BCUT2D eigenvalue weighted by atomic mass is 35.5. The van der Waals surface area contributed by atoms with Crippen LogP contribution in [0.3, 0.4) is 0 Å². The van der Waals surface area contributed by atoms with Gasteiger partial charge in [0, 0.05) is 36.8 Å². The first-order chi connectivity index (χ1) is 14.0. The molecule has 1 aliphatic heterocycles. The maximum atomic E-state index is 13.4. The first-order valence-corrected chi connectivity index (χ1v) is 9.80. The van der Waals surface area contributed by atoms with Crippen LogP contribution < -0.4 is 0 Å². The van der Waals surface area contributed by atoms with Crippen molar-refractivity contribution in [2.24, 2.45) is 0 Å². The SMILES string of the molecule is O=C(c1ccc(Cl)cc1Cl)N1CCN(Cc2noc(-c3cccc(F)c3)n2)CC1. The van der Waals surface area contributed by atoms with Gasteiger partial charge in [0.05, 0.1) is 17.1 Å². The van der Waals surface area contributed by atoms with Gasteiger partial charge in [-0.25, -0.2) is 4.39 Å². The monoisotopic (exact) mass is 434 g/mol. The maximum absolute atomic E-state index is 13.4. The van der Waals surface area contributed by atoms with E-state index >= 15 is 0 Å². The lowest BCUT2D eigenvalue weighted by molar-refractivity contribution is 0.0624. The highest BCUT2D eigenvalue weighted by molar-refractivity contribution is 6.36. The van der Waals surface area contributed by atoms with Gasteiger partial charge in [-0.15, -0.1) is 0 Å². The summed E-state index contributed by atoms with van der Waals surface area (Å²) >= 11 is 12.0. The Morgan fingerprint density at radius 1 is 1.10 bits per heavy atom. The molecule has 0 spiro atoms. The number of hydrogen-bond donors (Lipinski definition) is 0. The number of nitrogens with zero attached hydrogens (tertiary/aromatic N) is 4. The van der Waals surface area contributed by atoms with Crippen molar-refractivity contribution in [3.05, 3.63) is 69.7 Å². The van der Waals surface area contributed by atoms with E-state index < -0.39 is 0 Å². The largest absolute Gasteiger partial charge is 0.336 e. The van der Waals surface area contributed by atoms with Crippen molar-refractivity contribution < 1.29 is 13.7 Å². The summed E-state index contributed by atoms with van der Waals surface area (Å²) in [5, 5.41) is 4.82. The number of rotatable bonds is 4. The van der Waals surface area contributed by atoms with Crippen LogP contribution in [0.5, 0.6) is 0 Å². The van der Waals surface area contributed by atoms with E-state index in [1.54, 1.807) is 35.2 Å². The summed E-state index contributed by atoms with van der Waals surface area (Å²) in [6, 6.07) is 10.9. The van der Waals surface area contributed by atoms with Crippen molar-refractivity contribution in [1.82, 2.24) is 19.9 Å². The predicted octanol–water partition coefficient (Wildman–Crippen LogP) is 4.14. The second-order valence-corrected chi connectivity index (χ2v) is 7.56. The minimum Gasteiger partial charge on any atom is -0.336 e. The molecule has 0 aliphatic carbocycles. The Hall–Kier alpha value is -2.48. The van der Waals surface area contributed by atoms with E-state index in [-0.39, 0.29) is 17.6 Å². The van der Waals surface area contributed by atoms with Crippen LogP contribution in [0.4, 0.5) is 4.39 Å². The van der Waals surface area contributed by atoms with Crippen molar-refractivity contribution in [3.63, 3.8) is 0 Å². The van der Waals surface area contributed by atoms with Crippen LogP contribution in [0, 0.1) is 5.82 Å². The highest BCUT2D eigenvalue weighted by Crippen LogP contribution is 2.23. The van der Waals surface area contributed by atoms with Crippen molar-refractivity contribution in [2.45, 2.75) is 6.54 Å². The molecule has 0 unspecified atom stereocenters. The van der Waals surface area contributed by atoms with E-state index in [1.165, 1.54) is 12.1 Å². The fourth-order valence-corrected chi connectivity index (χ4v) is 3.69. The minimum absolute atomic E-state index is 0.112. The van der Waals surface area contributed by atoms with E-state index in [0.29, 0.717) is 59.7 Å². The van der Waals surface area contributed by atoms with E-state index in [2.05, 4.69) is 15.0 Å². The van der Waals surface area contributed by atoms with Crippen LogP contribution in [0.2, 0.25) is 10.0 Å². The van der Waals surface area contributed by atoms with Crippen LogP contribution in [-0.2, 0) is 6.54 Å². The zero-order valence-electron chi connectivity index (χ0n) is 15.3. The third kappa shape index (κ3) is 4.58. The zero-order valence-corrected chi connectivity index (χ0v) is 16.8. The Bertz CT molecular complexity index is 1030. The molecule has 2 heterocycles. The summed E-state index contributed by atoms with van der Waals surface area (Å²) in [7, 11) is 0. The number of piperazine rings is 1. The van der Waals surface area contributed by atoms with Gasteiger partial charge >= 0.3 is 0 Å². The number of amides is 1. The third-order valence-electron chi connectivity index (χ3n) is 4.73. The van der Waals surface area contributed by atoms with Gasteiger partial charge in [-0.3, -0.25) is 9.69 Å². The predicted molar refractivity (Wildman–Crippen MR) is 107 cm³/mol. The third-order valence-corrected chi connectivity index (χ3v) is 5.27. The maximum Gasteiger partial charge on any atom is 0.258 e. The van der Waals surface area contributed by atoms with Gasteiger partial charge in [-0.1, -0.05) is 34.4 Å². The summed E-state index contributed by atoms with van der Waals surface area (Å²) in [4.78, 5) is 20.9. The van der Waals surface area contributed by atoms with Gasteiger partial charge in [0.15, 0.2) is 5.82 Å². The molecule has 4 rings (SSSR count). The number of carbonyl (C=O) groups excluding carboxylic acids is 1. The molecule has 1 amide bonds. The molecule has 1 aliphatic rings. The van der Waals surface area contributed by atoms with Crippen molar-refractivity contribution in [2.75, 3.05) is 26.2 Å². The summed E-state index contributed by atoms with van der Waals surface area (Å²) in [6.45, 7) is 2.95. The molecule has 29 heavy (non-hydrogen) atoms. The quantitative estimate of drug-likeness (QED) is 0.617. The molecule has 6 nitrogen and oxygen atoms in total. The summed E-state index contributed by atoms with van der Waals surface area (Å²) in [5.41, 5.74) is 0.987. The lowest BCUT2D eigenvalue weighted by atomic mass is 10.1. The van der Waals surface area contributed by atoms with Crippen LogP contribution in [0.15, 0.2) is 47.0 Å². The fourth-order valence-electron chi connectivity index (χ4n) is 3.20. The molecule has 1 saturated heterocycles. The molecule has 0 saturated carbocycles. The molecule has 150 valence electrons. The lowest BCUT2D eigenvalue weighted by Crippen LogP contribution is -2.48. The van der Waals surface area contributed by atoms with Crippen LogP contribution >= 0.6 is 23.2 Å². The standard InChI is InChI=1S/C20H17Cl2FN4O2/c21-14-4-5-16(17(22)11-14)20(28)27-8-6-26(7-9-27)12-18-24-19(29-25-18)13-2-1-3-15(23)10-13/h1-5,10-11H,6-9,12H2. The minimum atomic E-state index is -0.358. The summed E-state index contributed by atoms with van der Waals surface area (Å²) in [5.74, 6) is 0.332. The molecular formula is C20H17Cl2FN4O2. The molecule has 3 aromatic rings. The molecular weight excluding hydrogens is 418 g/mol. The Balaban J connectivity index is 1.35. The number of carbonyl (C=O) groups is 1. The second kappa shape index (κ2) is 8.49.